The number of hydrogen-bond donors (Lipinski definition) is 0. The predicted octanol–water partition coefficient (Wildman–Crippen LogP) is 10.6. The van der Waals surface area contributed by atoms with Crippen LogP contribution in [0.5, 0.6) is 0 Å². The third kappa shape index (κ3) is 12.9. The summed E-state index contributed by atoms with van der Waals surface area (Å²) in [5.41, 5.74) is 5.06. The molecule has 6 aromatic rings. The van der Waals surface area contributed by atoms with Crippen LogP contribution in [0, 0.1) is 0 Å². The maximum absolute atomic E-state index is 16.0. The second-order valence-electron chi connectivity index (χ2n) is 20.2. The molecule has 0 saturated carbocycles. The van der Waals surface area contributed by atoms with Crippen molar-refractivity contribution in [2.45, 2.75) is 45.8 Å². The van der Waals surface area contributed by atoms with Crippen LogP contribution in [0.3, 0.4) is 0 Å². The van der Waals surface area contributed by atoms with E-state index in [1.807, 2.05) is 60.7 Å². The molecule has 10 rings (SSSR count). The highest BCUT2D eigenvalue weighted by atomic mass is 32.2. The number of hydrogen-bond acceptors (Lipinski definition) is 13. The zero-order valence-electron chi connectivity index (χ0n) is 45.1. The van der Waals surface area contributed by atoms with Gasteiger partial charge in [-0.15, -0.1) is 33.6 Å². The first-order valence-corrected chi connectivity index (χ1v) is 35.3. The summed E-state index contributed by atoms with van der Waals surface area (Å²) in [5, 5.41) is 19.1. The van der Waals surface area contributed by atoms with Gasteiger partial charge in [0.05, 0.1) is 22.0 Å². The summed E-state index contributed by atoms with van der Waals surface area (Å²) in [6.07, 6.45) is 3.41. The fraction of sp³-hybridized carbons (Fsp3) is 0.226. The molecule has 81 heavy (non-hydrogen) atoms. The van der Waals surface area contributed by atoms with E-state index < -0.39 is 38.2 Å². The van der Waals surface area contributed by atoms with Crippen molar-refractivity contribution in [3.63, 3.8) is 0 Å². The monoisotopic (exact) mass is 1180 g/mol. The van der Waals surface area contributed by atoms with E-state index in [9.17, 15) is 13.7 Å². The van der Waals surface area contributed by atoms with E-state index in [-0.39, 0.29) is 48.2 Å². The molecular weight excluding hydrogens is 1120 g/mol. The van der Waals surface area contributed by atoms with Gasteiger partial charge in [-0.25, -0.2) is 0 Å². The fourth-order valence-corrected chi connectivity index (χ4v) is 30.2. The Bertz CT molecular complexity index is 3060. The molecule has 4 amide bonds. The Hall–Kier alpha value is -6.85. The Morgan fingerprint density at radius 2 is 0.753 bits per heavy atom. The quantitative estimate of drug-likeness (QED) is 0.0369. The Kier molecular flexibility index (Phi) is 18.7. The zero-order chi connectivity index (χ0) is 56.3. The predicted molar refractivity (Wildman–Crippen MR) is 338 cm³/mol. The highest BCUT2D eigenvalue weighted by Gasteiger charge is 2.62. The smallest absolute Gasteiger partial charge is 0.242 e. The maximum Gasteiger partial charge on any atom is 0.242 e. The lowest BCUT2D eigenvalue weighted by Crippen LogP contribution is -2.66. The topological polar surface area (TPSA) is 140 Å². The molecule has 4 fully saturated rings. The second-order valence-corrected chi connectivity index (χ2v) is 32.1. The van der Waals surface area contributed by atoms with Crippen molar-refractivity contribution in [2.75, 3.05) is 38.7 Å². The minimum atomic E-state index is -3.84. The van der Waals surface area contributed by atoms with E-state index in [0.717, 1.165) is 33.4 Å². The third-order valence-corrected chi connectivity index (χ3v) is 30.7. The van der Waals surface area contributed by atoms with E-state index in [2.05, 4.69) is 145 Å². The molecule has 0 aliphatic carbocycles. The zero-order valence-corrected chi connectivity index (χ0v) is 50.4. The Morgan fingerprint density at radius 3 is 1.02 bits per heavy atom. The summed E-state index contributed by atoms with van der Waals surface area (Å²) >= 11 is 5.41. The van der Waals surface area contributed by atoms with Gasteiger partial charge in [-0.2, -0.15) is 0 Å². The highest BCUT2D eigenvalue weighted by molar-refractivity contribution is 8.16. The molecule has 412 valence electrons. The van der Waals surface area contributed by atoms with Crippen LogP contribution < -0.4 is 0 Å². The van der Waals surface area contributed by atoms with Crippen LogP contribution in [0.15, 0.2) is 228 Å². The summed E-state index contributed by atoms with van der Waals surface area (Å²) in [6.45, 7) is 8.54. The molecule has 0 N–H and O–H groups in total. The normalized spacial score (nSPS) is 20.6. The van der Waals surface area contributed by atoms with Gasteiger partial charge in [-0.05, 0) is 57.6 Å². The van der Waals surface area contributed by atoms with Gasteiger partial charge >= 0.3 is 0 Å². The van der Waals surface area contributed by atoms with E-state index in [1.165, 1.54) is 56.8 Å². The second kappa shape index (κ2) is 26.4. The van der Waals surface area contributed by atoms with Gasteiger partial charge < -0.3 is 4.12 Å². The molecule has 4 heterocycles. The first-order valence-electron chi connectivity index (χ1n) is 26.7. The van der Waals surface area contributed by atoms with Gasteiger partial charge in [0.1, 0.15) is 0 Å². The lowest BCUT2D eigenvalue weighted by Gasteiger charge is -2.51. The summed E-state index contributed by atoms with van der Waals surface area (Å²) in [6, 6.07) is 64.7. The molecule has 0 aromatic heterocycles. The molecule has 0 spiro atoms. The summed E-state index contributed by atoms with van der Waals surface area (Å²) in [5.74, 6) is 0.0800. The van der Waals surface area contributed by atoms with Crippen LogP contribution in [0.4, 0.5) is 0 Å². The minimum Gasteiger partial charge on any atom is -0.453 e. The Balaban J connectivity index is 1.27. The van der Waals surface area contributed by atoms with Crippen LogP contribution in [-0.2, 0) is 47.5 Å². The number of rotatable bonds is 22. The van der Waals surface area contributed by atoms with E-state index in [0.29, 0.717) is 44.8 Å². The average molecular weight is 1180 g/mol. The van der Waals surface area contributed by atoms with Crippen molar-refractivity contribution in [3.8, 4) is 0 Å². The lowest BCUT2D eigenvalue weighted by atomic mass is 10.1. The van der Waals surface area contributed by atoms with E-state index in [1.54, 1.807) is 36.0 Å². The number of carbonyl (C=O) groups is 4. The number of thioether (sulfide) groups is 4. The van der Waals surface area contributed by atoms with Crippen LogP contribution in [0.2, 0.25) is 0 Å². The minimum absolute atomic E-state index is 0.0707. The van der Waals surface area contributed by atoms with Gasteiger partial charge in [-0.3, -0.25) is 38.8 Å². The van der Waals surface area contributed by atoms with Crippen LogP contribution in [0.25, 0.3) is 0 Å². The molecule has 4 aliphatic heterocycles. The molecule has 0 bridgehead atoms. The number of carbonyl (C=O) groups excluding carboxylic acids is 4. The highest BCUT2D eigenvalue weighted by Crippen LogP contribution is 2.51. The van der Waals surface area contributed by atoms with Gasteiger partial charge in [0, 0.05) is 38.3 Å². The van der Waals surface area contributed by atoms with Crippen LogP contribution in [0.1, 0.15) is 44.5 Å². The van der Waals surface area contributed by atoms with Gasteiger partial charge in [-0.1, -0.05) is 241 Å². The molecule has 6 aromatic carbocycles. The fourth-order valence-electron chi connectivity index (χ4n) is 11.2. The Labute approximate surface area is 493 Å². The summed E-state index contributed by atoms with van der Waals surface area (Å²) in [4.78, 5) is 63.7. The van der Waals surface area contributed by atoms with Crippen molar-refractivity contribution >= 4 is 108 Å². The van der Waals surface area contributed by atoms with Crippen molar-refractivity contribution in [1.82, 2.24) is 19.6 Å². The van der Waals surface area contributed by atoms with Crippen molar-refractivity contribution < 1.29 is 23.3 Å². The molecule has 4 unspecified atom stereocenters. The standard InChI is InChI=1S/C62H62N8O5S4Si2/c1-5-37-69-57(73)53(78-61(69)65-63-59-67(3)51(71)39-76-59)55(49-33-21-11-22-34-49)80(41-45-25-13-7-14-26-45,42-46-27-15-8-16-28-46)75-81(43-47-29-17-9-18-30-47,44-48-31-19-10-20-32-48)56(50-35-23-12-24-36-50)54-58(74)70(38-6-2)62(79-54)66-64-60-68(4)52(72)40-77-60/h5-36,53-56H,1-2,37-44H2,3-4H3. The van der Waals surface area contributed by atoms with Crippen LogP contribution in [-0.4, -0.2) is 130 Å². The van der Waals surface area contributed by atoms with Gasteiger partial charge in [0.25, 0.3) is 0 Å². The van der Waals surface area contributed by atoms with Crippen molar-refractivity contribution in [3.05, 3.63) is 241 Å². The molecule has 19 heteroatoms. The molecule has 4 atom stereocenters. The number of amides is 4. The lowest BCUT2D eigenvalue weighted by molar-refractivity contribution is -0.126. The van der Waals surface area contributed by atoms with Gasteiger partial charge in [0.2, 0.25) is 23.6 Å². The summed E-state index contributed by atoms with van der Waals surface area (Å²) < 4.78 is 9.23. The third-order valence-electron chi connectivity index (χ3n) is 14.8. The first-order chi connectivity index (χ1) is 39.5. The maximum atomic E-state index is 16.0. The largest absolute Gasteiger partial charge is 0.453 e. The first kappa shape index (κ1) is 57.4. The van der Waals surface area contributed by atoms with E-state index >= 15 is 9.59 Å². The molecule has 4 saturated heterocycles. The Morgan fingerprint density at radius 1 is 0.469 bits per heavy atom. The molecule has 4 aliphatic rings. The summed E-state index contributed by atoms with van der Waals surface area (Å²) in [7, 11) is -4.30. The molecule has 13 nitrogen and oxygen atoms in total. The number of nitrogens with zero attached hydrogens (tertiary/aromatic N) is 8. The van der Waals surface area contributed by atoms with Gasteiger partial charge in [0.15, 0.2) is 37.3 Å². The number of benzene rings is 6. The SMILES string of the molecule is C=CCN1C(=O)C(C(c2ccccc2)[Si](Cc2ccccc2)(Cc2ccccc2)O[Si](Cc2ccccc2)(Cc2ccccc2)C(c2ccccc2)C2SC(=NN=C3SCC(=O)N3C)N(CC=C)C2=O)SC1=NN=C1SCC(=O)N1C. The molecular formula is C62H62N8O5S4Si2. The number of amidine groups is 4. The van der Waals surface area contributed by atoms with Crippen LogP contribution >= 0.6 is 47.0 Å². The van der Waals surface area contributed by atoms with Crippen molar-refractivity contribution in [2.24, 2.45) is 20.4 Å². The molecule has 0 radical (unpaired) electrons. The van der Waals surface area contributed by atoms with E-state index in [4.69, 9.17) is 10.2 Å². The van der Waals surface area contributed by atoms with Crippen molar-refractivity contribution in [1.29, 1.82) is 0 Å². The average Bonchev–Trinajstić information content (AvgIpc) is 4.00.